The summed E-state index contributed by atoms with van der Waals surface area (Å²) in [6, 6.07) is 6.47. The average molecular weight is 305 g/mol. The van der Waals surface area contributed by atoms with Gasteiger partial charge in [-0.15, -0.1) is 11.3 Å². The highest BCUT2D eigenvalue weighted by Crippen LogP contribution is 2.32. The molecule has 0 N–H and O–H groups in total. The number of ether oxygens (including phenoxy) is 1. The lowest BCUT2D eigenvalue weighted by atomic mass is 10.1. The molecule has 1 atom stereocenters. The van der Waals surface area contributed by atoms with E-state index in [0.717, 1.165) is 26.2 Å². The molecule has 0 saturated carbocycles. The van der Waals surface area contributed by atoms with Gasteiger partial charge in [-0.05, 0) is 44.5 Å². The molecule has 114 valence electrons. The Kier molecular flexibility index (Phi) is 5.06. The molecule has 2 aromatic rings. The maximum Gasteiger partial charge on any atom is 0.0916 e. The van der Waals surface area contributed by atoms with Crippen molar-refractivity contribution in [2.24, 2.45) is 0 Å². The summed E-state index contributed by atoms with van der Waals surface area (Å²) in [5.41, 5.74) is 0. The molecule has 0 spiro atoms. The predicted molar refractivity (Wildman–Crippen MR) is 85.4 cm³/mol. The number of thiophene rings is 1. The molecular formula is C16H23N3OS. The highest BCUT2D eigenvalue weighted by atomic mass is 32.1. The van der Waals surface area contributed by atoms with Gasteiger partial charge in [0.1, 0.15) is 0 Å². The molecule has 1 saturated heterocycles. The molecule has 0 bridgehead atoms. The van der Waals surface area contributed by atoms with Crippen molar-refractivity contribution < 1.29 is 4.74 Å². The molecule has 0 amide bonds. The number of rotatable bonds is 6. The molecule has 0 aliphatic carbocycles. The SMILES string of the molecule is CN(CCn1cccn1)Cc1ccc([C@H]2CCCCO2)s1. The van der Waals surface area contributed by atoms with E-state index in [1.54, 1.807) is 0 Å². The third-order valence-corrected chi connectivity index (χ3v) is 5.04. The topological polar surface area (TPSA) is 30.3 Å². The van der Waals surface area contributed by atoms with Gasteiger partial charge in [0, 0.05) is 41.8 Å². The first-order valence-corrected chi connectivity index (χ1v) is 8.49. The van der Waals surface area contributed by atoms with Gasteiger partial charge in [-0.2, -0.15) is 5.10 Å². The largest absolute Gasteiger partial charge is 0.373 e. The Labute approximate surface area is 130 Å². The van der Waals surface area contributed by atoms with E-state index in [4.69, 9.17) is 4.74 Å². The van der Waals surface area contributed by atoms with Gasteiger partial charge in [0.15, 0.2) is 0 Å². The van der Waals surface area contributed by atoms with Crippen LogP contribution in [0.25, 0.3) is 0 Å². The van der Waals surface area contributed by atoms with Gasteiger partial charge < -0.3 is 4.74 Å². The molecule has 5 heteroatoms. The maximum atomic E-state index is 5.86. The molecule has 0 radical (unpaired) electrons. The lowest BCUT2D eigenvalue weighted by molar-refractivity contribution is 0.0172. The van der Waals surface area contributed by atoms with Gasteiger partial charge in [-0.3, -0.25) is 9.58 Å². The zero-order valence-electron chi connectivity index (χ0n) is 12.6. The minimum absolute atomic E-state index is 0.340. The number of nitrogens with zero attached hydrogens (tertiary/aromatic N) is 3. The monoisotopic (exact) mass is 305 g/mol. The van der Waals surface area contributed by atoms with Gasteiger partial charge >= 0.3 is 0 Å². The van der Waals surface area contributed by atoms with E-state index >= 15 is 0 Å². The molecule has 0 aromatic carbocycles. The van der Waals surface area contributed by atoms with Crippen molar-refractivity contribution in [1.29, 1.82) is 0 Å². The smallest absolute Gasteiger partial charge is 0.0916 e. The Morgan fingerprint density at radius 2 is 2.38 bits per heavy atom. The van der Waals surface area contributed by atoms with Gasteiger partial charge in [-0.1, -0.05) is 0 Å². The van der Waals surface area contributed by atoms with E-state index in [-0.39, 0.29) is 0 Å². The number of likely N-dealkylation sites (N-methyl/N-ethyl adjacent to an activating group) is 1. The van der Waals surface area contributed by atoms with E-state index in [1.807, 2.05) is 34.5 Å². The lowest BCUT2D eigenvalue weighted by Gasteiger charge is -2.21. The third-order valence-electron chi connectivity index (χ3n) is 3.88. The Morgan fingerprint density at radius 1 is 1.43 bits per heavy atom. The van der Waals surface area contributed by atoms with Gasteiger partial charge in [-0.25, -0.2) is 0 Å². The Morgan fingerprint density at radius 3 is 3.14 bits per heavy atom. The standard InChI is InChI=1S/C16H23N3OS/c1-18(10-11-19-9-4-8-17-19)13-14-6-7-16(21-14)15-5-2-3-12-20-15/h4,6-9,15H,2-3,5,10-13H2,1H3/t15-/m1/s1. The Bertz CT molecular complexity index is 531. The van der Waals surface area contributed by atoms with Crippen LogP contribution >= 0.6 is 11.3 Å². The average Bonchev–Trinajstić information content (AvgIpc) is 3.17. The van der Waals surface area contributed by atoms with Gasteiger partial charge in [0.05, 0.1) is 12.6 Å². The van der Waals surface area contributed by atoms with Crippen LogP contribution in [0.5, 0.6) is 0 Å². The molecule has 21 heavy (non-hydrogen) atoms. The first-order chi connectivity index (χ1) is 10.3. The van der Waals surface area contributed by atoms with Gasteiger partial charge in [0.25, 0.3) is 0 Å². The van der Waals surface area contributed by atoms with Crippen LogP contribution in [0.3, 0.4) is 0 Å². The van der Waals surface area contributed by atoms with Crippen LogP contribution in [-0.4, -0.2) is 34.9 Å². The van der Waals surface area contributed by atoms with Crippen molar-refractivity contribution in [3.63, 3.8) is 0 Å². The maximum absolute atomic E-state index is 5.86. The number of hydrogen-bond acceptors (Lipinski definition) is 4. The molecule has 0 unspecified atom stereocenters. The zero-order valence-corrected chi connectivity index (χ0v) is 13.4. The third kappa shape index (κ3) is 4.15. The molecule has 3 heterocycles. The summed E-state index contributed by atoms with van der Waals surface area (Å²) < 4.78 is 7.84. The molecular weight excluding hydrogens is 282 g/mol. The van der Waals surface area contributed by atoms with Crippen molar-refractivity contribution in [3.8, 4) is 0 Å². The lowest BCUT2D eigenvalue weighted by Crippen LogP contribution is -2.22. The fraction of sp³-hybridized carbons (Fsp3) is 0.562. The van der Waals surface area contributed by atoms with Crippen LogP contribution in [0.2, 0.25) is 0 Å². The molecule has 1 aliphatic heterocycles. The fourth-order valence-corrected chi connectivity index (χ4v) is 3.85. The molecule has 2 aromatic heterocycles. The molecule has 3 rings (SSSR count). The molecule has 4 nitrogen and oxygen atoms in total. The first-order valence-electron chi connectivity index (χ1n) is 7.67. The van der Waals surface area contributed by atoms with Crippen LogP contribution in [0.1, 0.15) is 35.1 Å². The quantitative estimate of drug-likeness (QED) is 0.820. The highest BCUT2D eigenvalue weighted by Gasteiger charge is 2.18. The van der Waals surface area contributed by atoms with Crippen LogP contribution in [0.15, 0.2) is 30.6 Å². The van der Waals surface area contributed by atoms with Crippen LogP contribution in [0.4, 0.5) is 0 Å². The zero-order chi connectivity index (χ0) is 14.5. The second-order valence-electron chi connectivity index (χ2n) is 5.67. The van der Waals surface area contributed by atoms with Crippen LogP contribution in [-0.2, 0) is 17.8 Å². The van der Waals surface area contributed by atoms with E-state index in [2.05, 4.69) is 29.2 Å². The summed E-state index contributed by atoms with van der Waals surface area (Å²) in [6.45, 7) is 3.86. The molecule has 1 aliphatic rings. The summed E-state index contributed by atoms with van der Waals surface area (Å²) in [5.74, 6) is 0. The summed E-state index contributed by atoms with van der Waals surface area (Å²) in [4.78, 5) is 5.16. The van der Waals surface area contributed by atoms with Crippen molar-refractivity contribution in [3.05, 3.63) is 40.3 Å². The minimum atomic E-state index is 0.340. The second kappa shape index (κ2) is 7.20. The van der Waals surface area contributed by atoms with Crippen LogP contribution < -0.4 is 0 Å². The minimum Gasteiger partial charge on any atom is -0.373 e. The van der Waals surface area contributed by atoms with Crippen molar-refractivity contribution in [2.45, 2.75) is 38.5 Å². The van der Waals surface area contributed by atoms with E-state index < -0.39 is 0 Å². The summed E-state index contributed by atoms with van der Waals surface area (Å²) in [6.07, 6.45) is 7.86. The van der Waals surface area contributed by atoms with Gasteiger partial charge in [0.2, 0.25) is 0 Å². The van der Waals surface area contributed by atoms with Crippen molar-refractivity contribution >= 4 is 11.3 Å². The van der Waals surface area contributed by atoms with Crippen molar-refractivity contribution in [1.82, 2.24) is 14.7 Å². The normalized spacial score (nSPS) is 19.2. The van der Waals surface area contributed by atoms with E-state index in [1.165, 1.54) is 29.0 Å². The van der Waals surface area contributed by atoms with E-state index in [0.29, 0.717) is 6.10 Å². The predicted octanol–water partition coefficient (Wildman–Crippen LogP) is 3.32. The first kappa shape index (κ1) is 14.8. The van der Waals surface area contributed by atoms with Crippen molar-refractivity contribution in [2.75, 3.05) is 20.2 Å². The fourth-order valence-electron chi connectivity index (χ4n) is 2.67. The highest BCUT2D eigenvalue weighted by molar-refractivity contribution is 7.12. The summed E-state index contributed by atoms with van der Waals surface area (Å²) in [7, 11) is 2.17. The Hall–Kier alpha value is -1.17. The Balaban J connectivity index is 1.49. The number of aromatic nitrogens is 2. The molecule has 1 fully saturated rings. The van der Waals surface area contributed by atoms with Crippen LogP contribution in [0, 0.1) is 0 Å². The summed E-state index contributed by atoms with van der Waals surface area (Å²) >= 11 is 1.90. The van der Waals surface area contributed by atoms with E-state index in [9.17, 15) is 0 Å². The second-order valence-corrected chi connectivity index (χ2v) is 6.87. The number of hydrogen-bond donors (Lipinski definition) is 0. The summed E-state index contributed by atoms with van der Waals surface area (Å²) in [5, 5.41) is 4.24.